The molecule has 1 atom stereocenters. The molecule has 2 aromatic carbocycles. The summed E-state index contributed by atoms with van der Waals surface area (Å²) >= 11 is 12.6. The molecule has 0 aliphatic carbocycles. The van der Waals surface area contributed by atoms with Crippen LogP contribution >= 0.6 is 23.2 Å². The van der Waals surface area contributed by atoms with Gasteiger partial charge in [0.1, 0.15) is 0 Å². The molecule has 0 aliphatic heterocycles. The molecule has 0 aromatic heterocycles. The number of hydrogen-bond donors (Lipinski definition) is 1. The number of likely N-dealkylation sites (N-methyl/N-ethyl adjacent to an activating group) is 1. The van der Waals surface area contributed by atoms with Gasteiger partial charge in [0.2, 0.25) is 0 Å². The number of aryl methyl sites for hydroxylation is 1. The van der Waals surface area contributed by atoms with Crippen molar-refractivity contribution in [3.05, 3.63) is 69.2 Å². The van der Waals surface area contributed by atoms with Crippen molar-refractivity contribution in [2.24, 2.45) is 0 Å². The number of rotatable bonds is 5. The quantitative estimate of drug-likeness (QED) is 0.801. The van der Waals surface area contributed by atoms with Gasteiger partial charge in [-0.05, 0) is 43.1 Å². The zero-order valence-electron chi connectivity index (χ0n) is 11.8. The molecule has 0 heterocycles. The van der Waals surface area contributed by atoms with Gasteiger partial charge in [-0.1, -0.05) is 66.0 Å². The first-order valence-corrected chi connectivity index (χ1v) is 7.60. The predicted octanol–water partition coefficient (Wildman–Crippen LogP) is 5.20. The summed E-state index contributed by atoms with van der Waals surface area (Å²) in [4.78, 5) is 0. The molecular weight excluding hydrogens is 289 g/mol. The summed E-state index contributed by atoms with van der Waals surface area (Å²) in [5.74, 6) is 0. The molecule has 20 heavy (non-hydrogen) atoms. The fourth-order valence-corrected chi connectivity index (χ4v) is 2.92. The third kappa shape index (κ3) is 3.76. The molecule has 0 amide bonds. The fraction of sp³-hybridized carbons (Fsp3) is 0.294. The Kier molecular flexibility index (Phi) is 5.47. The van der Waals surface area contributed by atoms with E-state index in [1.54, 1.807) is 0 Å². The molecule has 0 aliphatic rings. The van der Waals surface area contributed by atoms with E-state index in [0.717, 1.165) is 28.6 Å². The largest absolute Gasteiger partial charge is 0.310 e. The molecule has 1 unspecified atom stereocenters. The average molecular weight is 308 g/mol. The van der Waals surface area contributed by atoms with Crippen LogP contribution in [0.2, 0.25) is 10.0 Å². The minimum Gasteiger partial charge on any atom is -0.310 e. The van der Waals surface area contributed by atoms with Gasteiger partial charge in [-0.3, -0.25) is 0 Å². The summed E-state index contributed by atoms with van der Waals surface area (Å²) < 4.78 is 0. The van der Waals surface area contributed by atoms with Crippen LogP contribution in [0.25, 0.3) is 0 Å². The zero-order valence-corrected chi connectivity index (χ0v) is 13.3. The highest BCUT2D eigenvalue weighted by molar-refractivity contribution is 6.36. The maximum absolute atomic E-state index is 6.28. The van der Waals surface area contributed by atoms with E-state index in [1.807, 2.05) is 18.2 Å². The SMILES string of the molecule is CCNC(Cc1c(Cl)cccc1Cl)c1cccc(C)c1. The van der Waals surface area contributed by atoms with Gasteiger partial charge in [0.25, 0.3) is 0 Å². The van der Waals surface area contributed by atoms with Gasteiger partial charge < -0.3 is 5.32 Å². The Morgan fingerprint density at radius 3 is 2.30 bits per heavy atom. The minimum atomic E-state index is 0.220. The van der Waals surface area contributed by atoms with E-state index < -0.39 is 0 Å². The lowest BCUT2D eigenvalue weighted by Gasteiger charge is -2.20. The molecule has 3 heteroatoms. The van der Waals surface area contributed by atoms with Gasteiger partial charge in [-0.25, -0.2) is 0 Å². The van der Waals surface area contributed by atoms with Crippen molar-refractivity contribution >= 4 is 23.2 Å². The molecule has 0 saturated heterocycles. The van der Waals surface area contributed by atoms with Crippen molar-refractivity contribution in [3.63, 3.8) is 0 Å². The molecular formula is C17H19Cl2N. The van der Waals surface area contributed by atoms with E-state index >= 15 is 0 Å². The average Bonchev–Trinajstić information content (AvgIpc) is 2.42. The second-order valence-corrected chi connectivity index (χ2v) is 5.74. The monoisotopic (exact) mass is 307 g/mol. The first-order valence-electron chi connectivity index (χ1n) is 6.84. The van der Waals surface area contributed by atoms with Crippen molar-refractivity contribution < 1.29 is 0 Å². The Balaban J connectivity index is 2.30. The molecule has 0 spiro atoms. The lowest BCUT2D eigenvalue weighted by Crippen LogP contribution is -2.23. The molecule has 2 rings (SSSR count). The van der Waals surface area contributed by atoms with Gasteiger partial charge >= 0.3 is 0 Å². The summed E-state index contributed by atoms with van der Waals surface area (Å²) in [5, 5.41) is 4.97. The van der Waals surface area contributed by atoms with Crippen LogP contribution in [-0.4, -0.2) is 6.54 Å². The molecule has 106 valence electrons. The van der Waals surface area contributed by atoms with E-state index in [2.05, 4.69) is 43.4 Å². The van der Waals surface area contributed by atoms with Crippen LogP contribution in [0.3, 0.4) is 0 Å². The number of hydrogen-bond acceptors (Lipinski definition) is 1. The molecule has 1 N–H and O–H groups in total. The van der Waals surface area contributed by atoms with E-state index in [-0.39, 0.29) is 6.04 Å². The van der Waals surface area contributed by atoms with Crippen LogP contribution in [0, 0.1) is 6.92 Å². The maximum Gasteiger partial charge on any atom is 0.0453 e. The van der Waals surface area contributed by atoms with Crippen molar-refractivity contribution in [3.8, 4) is 0 Å². The van der Waals surface area contributed by atoms with Crippen molar-refractivity contribution in [1.29, 1.82) is 0 Å². The van der Waals surface area contributed by atoms with Gasteiger partial charge in [0, 0.05) is 16.1 Å². The molecule has 2 aromatic rings. The highest BCUT2D eigenvalue weighted by Crippen LogP contribution is 2.29. The standard InChI is InChI=1S/C17H19Cl2N/c1-3-20-17(13-7-4-6-12(2)10-13)11-14-15(18)8-5-9-16(14)19/h4-10,17,20H,3,11H2,1-2H3. The van der Waals surface area contributed by atoms with Gasteiger partial charge in [-0.2, -0.15) is 0 Å². The van der Waals surface area contributed by atoms with Crippen molar-refractivity contribution in [1.82, 2.24) is 5.32 Å². The second kappa shape index (κ2) is 7.12. The van der Waals surface area contributed by atoms with Crippen LogP contribution in [0.4, 0.5) is 0 Å². The summed E-state index contributed by atoms with van der Waals surface area (Å²) in [7, 11) is 0. The smallest absolute Gasteiger partial charge is 0.0453 e. The first kappa shape index (κ1) is 15.4. The van der Waals surface area contributed by atoms with E-state index in [4.69, 9.17) is 23.2 Å². The molecule has 1 nitrogen and oxygen atoms in total. The molecule has 0 bridgehead atoms. The lowest BCUT2D eigenvalue weighted by atomic mass is 9.97. The van der Waals surface area contributed by atoms with Gasteiger partial charge in [0.05, 0.1) is 0 Å². The molecule has 0 saturated carbocycles. The van der Waals surface area contributed by atoms with E-state index in [0.29, 0.717) is 0 Å². The van der Waals surface area contributed by atoms with Crippen LogP contribution in [0.5, 0.6) is 0 Å². The third-order valence-electron chi connectivity index (χ3n) is 3.36. The summed E-state index contributed by atoms with van der Waals surface area (Å²) in [6.07, 6.45) is 0.788. The first-order chi connectivity index (χ1) is 9.61. The maximum atomic E-state index is 6.28. The Labute approximate surface area is 130 Å². The van der Waals surface area contributed by atoms with Crippen LogP contribution in [-0.2, 0) is 6.42 Å². The minimum absolute atomic E-state index is 0.220. The zero-order chi connectivity index (χ0) is 14.5. The van der Waals surface area contributed by atoms with Gasteiger partial charge in [-0.15, -0.1) is 0 Å². The Morgan fingerprint density at radius 1 is 1.05 bits per heavy atom. The highest BCUT2D eigenvalue weighted by atomic mass is 35.5. The number of nitrogens with one attached hydrogen (secondary N) is 1. The fourth-order valence-electron chi connectivity index (χ4n) is 2.37. The number of halogens is 2. The van der Waals surface area contributed by atoms with Crippen LogP contribution in [0.1, 0.15) is 29.7 Å². The van der Waals surface area contributed by atoms with Crippen molar-refractivity contribution in [2.45, 2.75) is 26.3 Å². The predicted molar refractivity (Wildman–Crippen MR) is 87.8 cm³/mol. The van der Waals surface area contributed by atoms with Gasteiger partial charge in [0.15, 0.2) is 0 Å². The van der Waals surface area contributed by atoms with Crippen molar-refractivity contribution in [2.75, 3.05) is 6.54 Å². The third-order valence-corrected chi connectivity index (χ3v) is 4.07. The van der Waals surface area contributed by atoms with E-state index in [1.165, 1.54) is 11.1 Å². The topological polar surface area (TPSA) is 12.0 Å². The highest BCUT2D eigenvalue weighted by Gasteiger charge is 2.15. The summed E-state index contributed by atoms with van der Waals surface area (Å²) in [6.45, 7) is 5.12. The van der Waals surface area contributed by atoms with E-state index in [9.17, 15) is 0 Å². The molecule has 0 fully saturated rings. The Bertz CT molecular complexity index is 561. The number of benzene rings is 2. The van der Waals surface area contributed by atoms with Crippen LogP contribution < -0.4 is 5.32 Å². The lowest BCUT2D eigenvalue weighted by molar-refractivity contribution is 0.549. The Hall–Kier alpha value is -1.02. The Morgan fingerprint density at radius 2 is 1.70 bits per heavy atom. The summed E-state index contributed by atoms with van der Waals surface area (Å²) in [6, 6.07) is 14.4. The van der Waals surface area contributed by atoms with Crippen LogP contribution in [0.15, 0.2) is 42.5 Å². The molecule has 0 radical (unpaired) electrons. The normalized spacial score (nSPS) is 12.4. The summed E-state index contributed by atoms with van der Waals surface area (Å²) in [5.41, 5.74) is 3.53. The second-order valence-electron chi connectivity index (χ2n) is 4.93.